The van der Waals surface area contributed by atoms with Crippen molar-refractivity contribution < 1.29 is 9.90 Å². The van der Waals surface area contributed by atoms with Crippen LogP contribution in [0.1, 0.15) is 29.7 Å². The van der Waals surface area contributed by atoms with Crippen molar-refractivity contribution in [3.63, 3.8) is 0 Å². The van der Waals surface area contributed by atoms with E-state index in [0.29, 0.717) is 0 Å². The number of nitrogens with two attached hydrogens (primary N) is 1. The van der Waals surface area contributed by atoms with Gasteiger partial charge >= 0.3 is 0 Å². The monoisotopic (exact) mass is 327 g/mol. The molecule has 0 atom stereocenters. The van der Waals surface area contributed by atoms with Gasteiger partial charge in [0.1, 0.15) is 5.82 Å². The lowest BCUT2D eigenvalue weighted by Gasteiger charge is -2.11. The zero-order valence-electron chi connectivity index (χ0n) is 13.6. The second kappa shape index (κ2) is 8.47. The normalized spacial score (nSPS) is 12.3. The summed E-state index contributed by atoms with van der Waals surface area (Å²) in [7, 11) is 0. The van der Waals surface area contributed by atoms with Crippen LogP contribution in [-0.2, 0) is 6.42 Å². The maximum atomic E-state index is 11.7. The van der Waals surface area contributed by atoms with Crippen LogP contribution in [0.3, 0.4) is 0 Å². The van der Waals surface area contributed by atoms with Gasteiger partial charge in [0, 0.05) is 6.42 Å². The van der Waals surface area contributed by atoms with Crippen molar-refractivity contribution in [2.24, 2.45) is 5.73 Å². The molecular weight excluding hydrogens is 306 g/mol. The third-order valence-electron chi connectivity index (χ3n) is 3.29. The van der Waals surface area contributed by atoms with Crippen LogP contribution in [0.25, 0.3) is 0 Å². The molecule has 6 heteroatoms. The number of hydrogen-bond acceptors (Lipinski definition) is 4. The highest BCUT2D eigenvalue weighted by Gasteiger charge is 2.16. The molecule has 0 unspecified atom stereocenters. The van der Waals surface area contributed by atoms with Gasteiger partial charge in [-0.05, 0) is 23.1 Å². The fourth-order valence-electron chi connectivity index (χ4n) is 2.18. The first-order chi connectivity index (χ1) is 11.4. The lowest BCUT2D eigenvalue weighted by molar-refractivity contribution is 0.0992. The Balaban J connectivity index is 3.47. The summed E-state index contributed by atoms with van der Waals surface area (Å²) < 4.78 is 0. The molecule has 0 aliphatic heterocycles. The number of carbonyl (C=O) groups excluding carboxylic acids is 1. The Morgan fingerprint density at radius 1 is 1.29 bits per heavy atom. The lowest BCUT2D eigenvalue weighted by Crippen LogP contribution is -2.21. The minimum absolute atomic E-state index is 0.176. The molecule has 1 heterocycles. The number of hydrogen-bond donors (Lipinski definition) is 3. The molecule has 0 aliphatic rings. The van der Waals surface area contributed by atoms with Gasteiger partial charge in [0.15, 0.2) is 5.69 Å². The second-order valence-corrected chi connectivity index (χ2v) is 4.87. The summed E-state index contributed by atoms with van der Waals surface area (Å²) in [6.07, 6.45) is 7.94. The Hall–Kier alpha value is -3.15. The molecule has 6 nitrogen and oxygen atoms in total. The zero-order valence-corrected chi connectivity index (χ0v) is 13.6. The van der Waals surface area contributed by atoms with Crippen molar-refractivity contribution in [2.75, 3.05) is 0 Å². The first-order valence-corrected chi connectivity index (χ1v) is 7.32. The van der Waals surface area contributed by atoms with Gasteiger partial charge in [-0.1, -0.05) is 51.0 Å². The van der Waals surface area contributed by atoms with E-state index in [-0.39, 0.29) is 12.2 Å². The highest BCUT2D eigenvalue weighted by Crippen LogP contribution is 2.21. The van der Waals surface area contributed by atoms with Crippen LogP contribution in [0.4, 0.5) is 0 Å². The van der Waals surface area contributed by atoms with Crippen molar-refractivity contribution in [2.45, 2.75) is 19.8 Å². The maximum Gasteiger partial charge on any atom is 0.293 e. The smallest absolute Gasteiger partial charge is 0.293 e. The van der Waals surface area contributed by atoms with E-state index in [1.807, 2.05) is 13.0 Å². The average Bonchev–Trinajstić information content (AvgIpc) is 2.56. The molecule has 0 saturated heterocycles. The molecule has 24 heavy (non-hydrogen) atoms. The summed E-state index contributed by atoms with van der Waals surface area (Å²) in [5, 5.41) is 9.56. The minimum atomic E-state index is -0.981. The predicted octanol–water partition coefficient (Wildman–Crippen LogP) is 2.31. The Labute approximate surface area is 140 Å². The van der Waals surface area contributed by atoms with E-state index in [9.17, 15) is 14.7 Å². The largest absolute Gasteiger partial charge is 0.501 e. The molecular formula is C18H21N3O3. The van der Waals surface area contributed by atoms with E-state index in [0.717, 1.165) is 23.1 Å². The number of rotatable bonds is 8. The van der Waals surface area contributed by atoms with Gasteiger partial charge in [0.05, 0.1) is 0 Å². The fraction of sp³-hybridized carbons (Fsp3) is 0.167. The van der Waals surface area contributed by atoms with E-state index in [2.05, 4.69) is 29.7 Å². The summed E-state index contributed by atoms with van der Waals surface area (Å²) in [5.74, 6) is -1.59. The highest BCUT2D eigenvalue weighted by atomic mass is 16.3. The van der Waals surface area contributed by atoms with Gasteiger partial charge in [-0.25, -0.2) is 4.98 Å². The van der Waals surface area contributed by atoms with E-state index in [1.165, 1.54) is 0 Å². The molecule has 1 amide bonds. The Morgan fingerprint density at radius 2 is 1.96 bits per heavy atom. The average molecular weight is 327 g/mol. The number of aromatic hydroxyl groups is 1. The van der Waals surface area contributed by atoms with E-state index >= 15 is 0 Å². The Bertz CT molecular complexity index is 798. The third-order valence-corrected chi connectivity index (χ3v) is 3.29. The standard InChI is InChI=1S/C18H21N3O3/c1-5-9-11(6-2)13(8-4)12(7-3)10-14-20-15(17(19)23)16(22)18(24)21-14/h6-9,22H,2-5,10H2,1H3,(H2,19,23)(H,20,21,24)/b11-9+,13-12-. The quantitative estimate of drug-likeness (QED) is 0.636. The molecule has 0 spiro atoms. The van der Waals surface area contributed by atoms with Gasteiger partial charge < -0.3 is 15.8 Å². The number of primary amides is 1. The summed E-state index contributed by atoms with van der Waals surface area (Å²) in [6.45, 7) is 13.4. The van der Waals surface area contributed by atoms with Crippen LogP contribution < -0.4 is 11.3 Å². The van der Waals surface area contributed by atoms with Crippen LogP contribution in [0.5, 0.6) is 5.75 Å². The van der Waals surface area contributed by atoms with Gasteiger partial charge in [-0.3, -0.25) is 9.59 Å². The topological polar surface area (TPSA) is 109 Å². The fourth-order valence-corrected chi connectivity index (χ4v) is 2.18. The maximum absolute atomic E-state index is 11.7. The number of H-pyrrole nitrogens is 1. The van der Waals surface area contributed by atoms with Gasteiger partial charge in [-0.15, -0.1) is 0 Å². The van der Waals surface area contributed by atoms with Crippen LogP contribution in [-0.4, -0.2) is 21.0 Å². The SMILES string of the molecule is C=CC(=C\CC)/C(C=C)=C(/C=C)Cc1nc(C(N)=O)c(O)c(=O)[nH]1. The molecule has 1 rings (SSSR count). The molecule has 0 fully saturated rings. The summed E-state index contributed by atoms with van der Waals surface area (Å²) in [6, 6.07) is 0. The molecule has 1 aromatic heterocycles. The Kier molecular flexibility index (Phi) is 6.67. The van der Waals surface area contributed by atoms with Crippen molar-refractivity contribution in [1.29, 1.82) is 0 Å². The van der Waals surface area contributed by atoms with E-state index < -0.39 is 22.9 Å². The van der Waals surface area contributed by atoms with Crippen LogP contribution in [0.2, 0.25) is 0 Å². The Morgan fingerprint density at radius 3 is 2.42 bits per heavy atom. The number of carbonyl (C=O) groups is 1. The van der Waals surface area contributed by atoms with Crippen molar-refractivity contribution in [3.8, 4) is 5.75 Å². The molecule has 0 aliphatic carbocycles. The van der Waals surface area contributed by atoms with Crippen LogP contribution in [0, 0.1) is 0 Å². The molecule has 0 radical (unpaired) electrons. The minimum Gasteiger partial charge on any atom is -0.501 e. The molecule has 126 valence electrons. The summed E-state index contributed by atoms with van der Waals surface area (Å²) in [4.78, 5) is 29.4. The number of amides is 1. The number of nitrogens with zero attached hydrogens (tertiary/aromatic N) is 1. The van der Waals surface area contributed by atoms with Crippen molar-refractivity contribution in [3.05, 3.63) is 82.6 Å². The molecule has 0 bridgehead atoms. The van der Waals surface area contributed by atoms with Gasteiger partial charge in [0.2, 0.25) is 5.75 Å². The van der Waals surface area contributed by atoms with Crippen LogP contribution >= 0.6 is 0 Å². The third kappa shape index (κ3) is 4.19. The predicted molar refractivity (Wildman–Crippen MR) is 94.7 cm³/mol. The molecule has 4 N–H and O–H groups in total. The molecule has 0 aromatic carbocycles. The summed E-state index contributed by atoms with van der Waals surface area (Å²) >= 11 is 0. The molecule has 1 aromatic rings. The molecule has 0 saturated carbocycles. The van der Waals surface area contributed by atoms with E-state index in [4.69, 9.17) is 5.73 Å². The van der Waals surface area contributed by atoms with Crippen LogP contribution in [0.15, 0.2) is 65.6 Å². The van der Waals surface area contributed by atoms with Gasteiger partial charge in [-0.2, -0.15) is 0 Å². The highest BCUT2D eigenvalue weighted by molar-refractivity contribution is 5.93. The number of aromatic nitrogens is 2. The number of aromatic amines is 1. The number of nitrogens with one attached hydrogen (secondary N) is 1. The van der Waals surface area contributed by atoms with E-state index in [1.54, 1.807) is 18.2 Å². The first-order valence-electron chi connectivity index (χ1n) is 7.32. The lowest BCUT2D eigenvalue weighted by atomic mass is 9.96. The summed E-state index contributed by atoms with van der Waals surface area (Å²) in [5.41, 5.74) is 6.22. The number of allylic oxidation sites excluding steroid dienone is 7. The first kappa shape index (κ1) is 18.9. The van der Waals surface area contributed by atoms with Crippen molar-refractivity contribution >= 4 is 5.91 Å². The zero-order chi connectivity index (χ0) is 18.3. The van der Waals surface area contributed by atoms with Crippen molar-refractivity contribution in [1.82, 2.24) is 9.97 Å². The van der Waals surface area contributed by atoms with Gasteiger partial charge in [0.25, 0.3) is 11.5 Å². The second-order valence-electron chi connectivity index (χ2n) is 4.87.